The lowest BCUT2D eigenvalue weighted by molar-refractivity contribution is -0.141. The predicted molar refractivity (Wildman–Crippen MR) is 179 cm³/mol. The first-order chi connectivity index (χ1) is 24.4. The van der Waals surface area contributed by atoms with Crippen molar-refractivity contribution in [1.82, 2.24) is 34.9 Å². The van der Waals surface area contributed by atoms with Gasteiger partial charge in [0.25, 0.3) is 0 Å². The Morgan fingerprint density at radius 1 is 1.10 bits per heavy atom. The first kappa shape index (κ1) is 33.8. The number of alkyl halides is 3. The lowest BCUT2D eigenvalue weighted by Crippen LogP contribution is -2.47. The molecule has 2 bridgehead atoms. The van der Waals surface area contributed by atoms with E-state index in [1.807, 2.05) is 24.3 Å². The third kappa shape index (κ3) is 6.53. The summed E-state index contributed by atoms with van der Waals surface area (Å²) < 4.78 is 41.9. The zero-order valence-electron chi connectivity index (χ0n) is 27.9. The Kier molecular flexibility index (Phi) is 8.56. The molecule has 4 aromatic rings. The summed E-state index contributed by atoms with van der Waals surface area (Å²) in [5.41, 5.74) is 1.63. The van der Waals surface area contributed by atoms with E-state index in [0.29, 0.717) is 54.4 Å². The van der Waals surface area contributed by atoms with Gasteiger partial charge >= 0.3 is 6.18 Å². The van der Waals surface area contributed by atoms with Gasteiger partial charge in [0.15, 0.2) is 5.69 Å². The number of nitrogens with zero attached hydrogens (tertiary/aromatic N) is 7. The minimum atomic E-state index is -4.72. The van der Waals surface area contributed by atoms with Gasteiger partial charge in [-0.15, -0.1) is 0 Å². The van der Waals surface area contributed by atoms with E-state index in [1.54, 1.807) is 19.3 Å². The van der Waals surface area contributed by atoms with Gasteiger partial charge in [-0.25, -0.2) is 15.0 Å². The summed E-state index contributed by atoms with van der Waals surface area (Å²) in [7, 11) is 0. The van der Waals surface area contributed by atoms with Crippen molar-refractivity contribution < 1.29 is 27.6 Å². The zero-order chi connectivity index (χ0) is 36.1. The molecule has 0 spiro atoms. The number of nitrogens with one attached hydrogen (secondary N) is 2. The van der Waals surface area contributed by atoms with Crippen LogP contribution in [0.4, 0.5) is 19.0 Å². The Labute approximate surface area is 290 Å². The van der Waals surface area contributed by atoms with Gasteiger partial charge in [0.2, 0.25) is 17.7 Å². The summed E-state index contributed by atoms with van der Waals surface area (Å²) in [5, 5.41) is 20.7. The molecule has 1 saturated carbocycles. The van der Waals surface area contributed by atoms with E-state index in [1.165, 1.54) is 22.6 Å². The normalized spacial score (nSPS) is 22.9. The van der Waals surface area contributed by atoms with Crippen molar-refractivity contribution >= 4 is 34.4 Å². The lowest BCUT2D eigenvalue weighted by Gasteiger charge is -2.27. The van der Waals surface area contributed by atoms with Crippen molar-refractivity contribution in [1.29, 1.82) is 5.26 Å². The van der Waals surface area contributed by atoms with E-state index in [0.717, 1.165) is 22.8 Å². The summed E-state index contributed by atoms with van der Waals surface area (Å²) in [6.45, 7) is 3.26. The van der Waals surface area contributed by atoms with Gasteiger partial charge in [-0.3, -0.25) is 19.1 Å². The first-order valence-electron chi connectivity index (χ1n) is 16.7. The highest BCUT2D eigenvalue weighted by molar-refractivity contribution is 5.98. The van der Waals surface area contributed by atoms with Crippen molar-refractivity contribution in [2.45, 2.75) is 77.2 Å². The molecular weight excluding hydrogens is 663 g/mol. The highest BCUT2D eigenvalue weighted by Gasteiger charge is 2.67. The molecule has 51 heavy (non-hydrogen) atoms. The Balaban J connectivity index is 1.27. The van der Waals surface area contributed by atoms with E-state index in [2.05, 4.69) is 36.8 Å². The molecule has 12 nitrogen and oxygen atoms in total. The van der Waals surface area contributed by atoms with E-state index < -0.39 is 35.1 Å². The zero-order valence-corrected chi connectivity index (χ0v) is 27.9. The number of amides is 3. The molecular formula is C36H34F3N9O3. The number of pyridine rings is 1. The number of anilines is 1. The van der Waals surface area contributed by atoms with Crippen LogP contribution in [0.2, 0.25) is 0 Å². The average molecular weight is 698 g/mol. The SMILES string of the molecule is Cc1ncc(-c2cc3c4c(c2)c(C#N)nn4CC(=O)N2[C@H](C(=O)Nc4nc(C(F)(F)F)ccc4C)C[C@@]4(CNC(=O)CCC/C=C\C3)C[C@@H]24)cn1. The Morgan fingerprint density at radius 2 is 1.88 bits per heavy atom. The number of aryl methyl sites for hydroxylation is 2. The minimum absolute atomic E-state index is 0.123. The van der Waals surface area contributed by atoms with E-state index in [9.17, 15) is 32.8 Å². The maximum atomic E-state index is 14.3. The van der Waals surface area contributed by atoms with E-state index >= 15 is 0 Å². The topological polar surface area (TPSA) is 159 Å². The molecule has 3 aliphatic rings. The maximum absolute atomic E-state index is 14.3. The number of hydrogen-bond donors (Lipinski definition) is 2. The molecule has 5 heterocycles. The van der Waals surface area contributed by atoms with E-state index in [-0.39, 0.29) is 43.0 Å². The van der Waals surface area contributed by atoms with Gasteiger partial charge in [0, 0.05) is 47.8 Å². The summed E-state index contributed by atoms with van der Waals surface area (Å²) >= 11 is 0. The Bertz CT molecular complexity index is 2140. The molecule has 3 atom stereocenters. The predicted octanol–water partition coefficient (Wildman–Crippen LogP) is 4.79. The van der Waals surface area contributed by atoms with Crippen molar-refractivity contribution in [2.24, 2.45) is 5.41 Å². The van der Waals surface area contributed by atoms with Crippen LogP contribution in [-0.2, 0) is 33.5 Å². The smallest absolute Gasteiger partial charge is 0.355 e. The molecule has 3 aromatic heterocycles. The average Bonchev–Trinajstić information content (AvgIpc) is 3.52. The number of rotatable bonds is 3. The van der Waals surface area contributed by atoms with Crippen LogP contribution >= 0.6 is 0 Å². The first-order valence-corrected chi connectivity index (χ1v) is 16.7. The summed E-state index contributed by atoms with van der Waals surface area (Å²) in [4.78, 5) is 54.7. The highest BCUT2D eigenvalue weighted by atomic mass is 19.4. The van der Waals surface area contributed by atoms with Crippen LogP contribution in [0.25, 0.3) is 22.0 Å². The molecule has 1 aliphatic carbocycles. The van der Waals surface area contributed by atoms with Crippen molar-refractivity contribution in [3.8, 4) is 17.2 Å². The summed E-state index contributed by atoms with van der Waals surface area (Å²) in [6, 6.07) is 6.56. The summed E-state index contributed by atoms with van der Waals surface area (Å²) in [6.07, 6.45) is 5.43. The number of piperidine rings is 1. The van der Waals surface area contributed by atoms with E-state index in [4.69, 9.17) is 0 Å². The van der Waals surface area contributed by atoms with Gasteiger partial charge in [-0.1, -0.05) is 18.2 Å². The fourth-order valence-electron chi connectivity index (χ4n) is 7.23. The number of carbonyl (C=O) groups is 3. The lowest BCUT2D eigenvalue weighted by atomic mass is 9.98. The maximum Gasteiger partial charge on any atom is 0.433 e. The Morgan fingerprint density at radius 3 is 2.63 bits per heavy atom. The third-order valence-corrected chi connectivity index (χ3v) is 9.98. The van der Waals surface area contributed by atoms with Gasteiger partial charge in [0.1, 0.15) is 36.0 Å². The second-order valence-corrected chi connectivity index (χ2v) is 13.5. The van der Waals surface area contributed by atoms with Crippen LogP contribution in [0.5, 0.6) is 0 Å². The number of halogens is 3. The van der Waals surface area contributed by atoms with Crippen LogP contribution in [0.15, 0.2) is 48.8 Å². The molecule has 0 radical (unpaired) electrons. The van der Waals surface area contributed by atoms with Crippen molar-refractivity contribution in [2.75, 3.05) is 11.9 Å². The molecule has 1 saturated heterocycles. The molecule has 2 fully saturated rings. The second kappa shape index (κ2) is 12.9. The molecule has 262 valence electrons. The number of carbonyl (C=O) groups excluding carboxylic acids is 3. The van der Waals surface area contributed by atoms with Crippen LogP contribution in [0, 0.1) is 30.6 Å². The fraction of sp³-hybridized carbons (Fsp3) is 0.389. The van der Waals surface area contributed by atoms with Crippen LogP contribution < -0.4 is 10.6 Å². The van der Waals surface area contributed by atoms with Gasteiger partial charge in [-0.2, -0.15) is 23.5 Å². The molecule has 3 amide bonds. The quantitative estimate of drug-likeness (QED) is 0.289. The van der Waals surface area contributed by atoms with Gasteiger partial charge in [-0.05, 0) is 80.8 Å². The monoisotopic (exact) mass is 697 g/mol. The Hall–Kier alpha value is -5.65. The van der Waals surface area contributed by atoms with Crippen molar-refractivity contribution in [3.05, 3.63) is 77.2 Å². The molecule has 1 aromatic carbocycles. The van der Waals surface area contributed by atoms with Crippen LogP contribution in [0.1, 0.15) is 60.4 Å². The number of allylic oxidation sites excluding steroid dienone is 2. The number of nitriles is 1. The highest BCUT2D eigenvalue weighted by Crippen LogP contribution is 2.59. The van der Waals surface area contributed by atoms with Crippen LogP contribution in [0.3, 0.4) is 0 Å². The van der Waals surface area contributed by atoms with Gasteiger partial charge in [0.05, 0.1) is 5.52 Å². The largest absolute Gasteiger partial charge is 0.433 e. The molecule has 7 rings (SSSR count). The number of hydrogen-bond acceptors (Lipinski definition) is 8. The fourth-order valence-corrected chi connectivity index (χ4v) is 7.23. The second-order valence-electron chi connectivity index (χ2n) is 13.5. The molecule has 2 aliphatic heterocycles. The molecule has 15 heteroatoms. The number of benzene rings is 1. The minimum Gasteiger partial charge on any atom is -0.355 e. The third-order valence-electron chi connectivity index (χ3n) is 9.98. The molecule has 2 N–H and O–H groups in total. The van der Waals surface area contributed by atoms with Crippen LogP contribution in [-0.4, -0.2) is 66.0 Å². The van der Waals surface area contributed by atoms with Gasteiger partial charge < -0.3 is 15.5 Å². The number of aromatic nitrogens is 5. The van der Waals surface area contributed by atoms with Crippen molar-refractivity contribution in [3.63, 3.8) is 0 Å². The summed E-state index contributed by atoms with van der Waals surface area (Å²) in [5.74, 6) is -0.899. The molecule has 0 unspecified atom stereocenters. The standard InChI is InChI=1S/C36H34F3N9O3/c1-20-9-10-28(36(37,38)39)44-33(20)45-34(51)27-13-35-14-29(35)48(27)31(50)18-47-32-22(7-5-3-4-6-8-30(49)43-19-35)11-23(12-25(32)26(15-40)46-47)24-16-41-21(2)42-17-24/h3,5,9-12,16-17,27,29H,4,6-8,13-14,18-19H2,1-2H3,(H,43,49)(H,44,45,51)/b5-3-/t27-,29+,35-/m0/s1.